The molecule has 0 atom stereocenters. The van der Waals surface area contributed by atoms with Crippen LogP contribution in [-0.2, 0) is 0 Å². The Labute approximate surface area is 110 Å². The molecule has 2 heteroatoms. The summed E-state index contributed by atoms with van der Waals surface area (Å²) in [5.41, 5.74) is 0.794. The average Bonchev–Trinajstić information content (AvgIpc) is 2.35. The molecule has 0 aliphatic heterocycles. The molecule has 1 aromatic carbocycles. The number of benzene rings is 1. The topological polar surface area (TPSA) is 26.3 Å². The Kier molecular flexibility index (Phi) is 6.48. The van der Waals surface area contributed by atoms with Crippen LogP contribution in [0.15, 0.2) is 24.3 Å². The Balaban J connectivity index is 2.37. The molecule has 0 unspecified atom stereocenters. The van der Waals surface area contributed by atoms with Crippen LogP contribution in [0, 0.1) is 5.92 Å². The van der Waals surface area contributed by atoms with Crippen LogP contribution in [0.4, 0.5) is 0 Å². The van der Waals surface area contributed by atoms with Gasteiger partial charge in [0.25, 0.3) is 0 Å². The Morgan fingerprint density at radius 1 is 1.17 bits per heavy atom. The molecule has 0 N–H and O–H groups in total. The van der Waals surface area contributed by atoms with Crippen LogP contribution < -0.4 is 4.74 Å². The molecule has 0 saturated carbocycles. The molecule has 100 valence electrons. The van der Waals surface area contributed by atoms with Gasteiger partial charge in [-0.3, -0.25) is 4.79 Å². The van der Waals surface area contributed by atoms with Gasteiger partial charge in [0.2, 0.25) is 0 Å². The summed E-state index contributed by atoms with van der Waals surface area (Å²) < 4.78 is 5.35. The second-order valence-corrected chi connectivity index (χ2v) is 5.02. The van der Waals surface area contributed by atoms with E-state index in [1.165, 1.54) is 6.42 Å². The smallest absolute Gasteiger partial charge is 0.162 e. The van der Waals surface area contributed by atoms with Crippen LogP contribution in [0.25, 0.3) is 0 Å². The molecule has 2 nitrogen and oxygen atoms in total. The molecule has 0 aliphatic carbocycles. The number of rotatable bonds is 8. The predicted octanol–water partition coefficient (Wildman–Crippen LogP) is 4.48. The molecule has 0 saturated heterocycles. The quantitative estimate of drug-likeness (QED) is 0.500. The fourth-order valence-electron chi connectivity index (χ4n) is 1.89. The number of unbranched alkanes of at least 4 members (excludes halogenated alkanes) is 1. The standard InChI is InChI=1S/C16H24O2/c1-4-18-15-11-9-14(10-12-15)16(17)8-6-5-7-13(2)3/h9-13H,4-8H2,1-3H3. The third kappa shape index (κ3) is 5.35. The van der Waals surface area contributed by atoms with Crippen LogP contribution >= 0.6 is 0 Å². The minimum Gasteiger partial charge on any atom is -0.494 e. The zero-order chi connectivity index (χ0) is 13.4. The van der Waals surface area contributed by atoms with Crippen molar-refractivity contribution in [3.8, 4) is 5.75 Å². The van der Waals surface area contributed by atoms with Crippen molar-refractivity contribution in [2.75, 3.05) is 6.61 Å². The number of Topliss-reactive ketones (excluding diaryl/α,β-unsaturated/α-hetero) is 1. The van der Waals surface area contributed by atoms with Crippen molar-refractivity contribution in [2.24, 2.45) is 5.92 Å². The molecule has 1 rings (SSSR count). The van der Waals surface area contributed by atoms with Gasteiger partial charge in [-0.1, -0.05) is 26.7 Å². The Morgan fingerprint density at radius 3 is 2.39 bits per heavy atom. The van der Waals surface area contributed by atoms with Crippen molar-refractivity contribution >= 4 is 5.78 Å². The fraction of sp³-hybridized carbons (Fsp3) is 0.562. The monoisotopic (exact) mass is 248 g/mol. The van der Waals surface area contributed by atoms with Crippen molar-refractivity contribution in [2.45, 2.75) is 46.5 Å². The molecule has 0 spiro atoms. The highest BCUT2D eigenvalue weighted by Crippen LogP contribution is 2.15. The summed E-state index contributed by atoms with van der Waals surface area (Å²) in [6, 6.07) is 7.45. The van der Waals surface area contributed by atoms with Crippen molar-refractivity contribution in [3.63, 3.8) is 0 Å². The van der Waals surface area contributed by atoms with Gasteiger partial charge >= 0.3 is 0 Å². The highest BCUT2D eigenvalue weighted by Gasteiger charge is 2.06. The SMILES string of the molecule is CCOc1ccc(C(=O)CCCCC(C)C)cc1. The maximum absolute atomic E-state index is 11.9. The maximum Gasteiger partial charge on any atom is 0.162 e. The molecule has 1 aromatic rings. The Bertz CT molecular complexity index is 352. The lowest BCUT2D eigenvalue weighted by Gasteiger charge is -2.05. The largest absolute Gasteiger partial charge is 0.494 e. The first kappa shape index (κ1) is 14.7. The van der Waals surface area contributed by atoms with E-state index in [9.17, 15) is 4.79 Å². The lowest BCUT2D eigenvalue weighted by atomic mass is 10.0. The minimum absolute atomic E-state index is 0.238. The zero-order valence-corrected chi connectivity index (χ0v) is 11.7. The van der Waals surface area contributed by atoms with Gasteiger partial charge in [0.05, 0.1) is 6.61 Å². The van der Waals surface area contributed by atoms with Crippen LogP contribution in [0.3, 0.4) is 0 Å². The van der Waals surface area contributed by atoms with E-state index in [0.29, 0.717) is 13.0 Å². The van der Waals surface area contributed by atoms with Crippen molar-refractivity contribution in [1.82, 2.24) is 0 Å². The summed E-state index contributed by atoms with van der Waals surface area (Å²) in [5.74, 6) is 1.79. The molecule has 18 heavy (non-hydrogen) atoms. The third-order valence-corrected chi connectivity index (χ3v) is 2.92. The lowest BCUT2D eigenvalue weighted by Crippen LogP contribution is -2.00. The van der Waals surface area contributed by atoms with Gasteiger partial charge in [0.15, 0.2) is 5.78 Å². The molecular weight excluding hydrogens is 224 g/mol. The number of carbonyl (C=O) groups excluding carboxylic acids is 1. The summed E-state index contributed by atoms with van der Waals surface area (Å²) in [6.45, 7) is 7.04. The lowest BCUT2D eigenvalue weighted by molar-refractivity contribution is 0.0978. The molecule has 0 radical (unpaired) electrons. The molecule has 0 aromatic heterocycles. The van der Waals surface area contributed by atoms with Gasteiger partial charge in [-0.25, -0.2) is 0 Å². The van der Waals surface area contributed by atoms with Gasteiger partial charge in [0.1, 0.15) is 5.75 Å². The number of hydrogen-bond donors (Lipinski definition) is 0. The summed E-state index contributed by atoms with van der Waals surface area (Å²) in [5, 5.41) is 0. The number of carbonyl (C=O) groups is 1. The van der Waals surface area contributed by atoms with Crippen molar-refractivity contribution in [1.29, 1.82) is 0 Å². The van der Waals surface area contributed by atoms with E-state index >= 15 is 0 Å². The Morgan fingerprint density at radius 2 is 1.83 bits per heavy atom. The molecular formula is C16H24O2. The number of ether oxygens (including phenoxy) is 1. The van der Waals surface area contributed by atoms with Crippen LogP contribution in [-0.4, -0.2) is 12.4 Å². The molecule has 0 aliphatic rings. The van der Waals surface area contributed by atoms with Crippen molar-refractivity contribution < 1.29 is 9.53 Å². The zero-order valence-electron chi connectivity index (χ0n) is 11.7. The molecule has 0 bridgehead atoms. The van der Waals surface area contributed by atoms with E-state index in [2.05, 4.69) is 13.8 Å². The molecule has 0 heterocycles. The van der Waals surface area contributed by atoms with E-state index < -0.39 is 0 Å². The highest BCUT2D eigenvalue weighted by molar-refractivity contribution is 5.96. The first-order chi connectivity index (χ1) is 8.63. The first-order valence-electron chi connectivity index (χ1n) is 6.89. The molecule has 0 amide bonds. The summed E-state index contributed by atoms with van der Waals surface area (Å²) in [4.78, 5) is 11.9. The second-order valence-electron chi connectivity index (χ2n) is 5.02. The average molecular weight is 248 g/mol. The van der Waals surface area contributed by atoms with Crippen molar-refractivity contribution in [3.05, 3.63) is 29.8 Å². The van der Waals surface area contributed by atoms with E-state index in [0.717, 1.165) is 30.1 Å². The summed E-state index contributed by atoms with van der Waals surface area (Å²) in [7, 11) is 0. The predicted molar refractivity (Wildman–Crippen MR) is 75.2 cm³/mol. The third-order valence-electron chi connectivity index (χ3n) is 2.92. The van der Waals surface area contributed by atoms with Gasteiger partial charge in [-0.15, -0.1) is 0 Å². The Hall–Kier alpha value is -1.31. The van der Waals surface area contributed by atoms with Crippen LogP contribution in [0.5, 0.6) is 5.75 Å². The number of hydrogen-bond acceptors (Lipinski definition) is 2. The summed E-state index contributed by atoms with van der Waals surface area (Å²) >= 11 is 0. The van der Waals surface area contributed by atoms with E-state index in [-0.39, 0.29) is 5.78 Å². The van der Waals surface area contributed by atoms with E-state index in [4.69, 9.17) is 4.74 Å². The minimum atomic E-state index is 0.238. The summed E-state index contributed by atoms with van der Waals surface area (Å²) in [6.07, 6.45) is 3.99. The van der Waals surface area contributed by atoms with Gasteiger partial charge in [-0.05, 0) is 43.5 Å². The van der Waals surface area contributed by atoms with Gasteiger partial charge in [0, 0.05) is 12.0 Å². The van der Waals surface area contributed by atoms with Gasteiger partial charge < -0.3 is 4.74 Å². The van der Waals surface area contributed by atoms with Crippen LogP contribution in [0.2, 0.25) is 0 Å². The van der Waals surface area contributed by atoms with Crippen LogP contribution in [0.1, 0.15) is 56.8 Å². The number of ketones is 1. The van der Waals surface area contributed by atoms with E-state index in [1.807, 2.05) is 31.2 Å². The molecule has 0 fully saturated rings. The highest BCUT2D eigenvalue weighted by atomic mass is 16.5. The normalized spacial score (nSPS) is 10.7. The second kappa shape index (κ2) is 7.91. The van der Waals surface area contributed by atoms with E-state index in [1.54, 1.807) is 0 Å². The first-order valence-corrected chi connectivity index (χ1v) is 6.89. The van der Waals surface area contributed by atoms with Gasteiger partial charge in [-0.2, -0.15) is 0 Å². The maximum atomic E-state index is 11.9. The fourth-order valence-corrected chi connectivity index (χ4v) is 1.89.